The Kier molecular flexibility index (Phi) is 3.24. The van der Waals surface area contributed by atoms with Crippen molar-refractivity contribution < 1.29 is 0 Å². The van der Waals surface area contributed by atoms with Gasteiger partial charge in [0.25, 0.3) is 6.71 Å². The number of aromatic nitrogens is 2. The average Bonchev–Trinajstić information content (AvgIpc) is 3.39. The van der Waals surface area contributed by atoms with Crippen molar-refractivity contribution in [3.8, 4) is 11.4 Å². The molecule has 2 nitrogen and oxygen atoms in total. The maximum Gasteiger partial charge on any atom is 0.252 e. The Morgan fingerprint density at radius 2 is 0.882 bits per heavy atom. The molecule has 0 fully saturated rings. The molecule has 153 valence electrons. The van der Waals surface area contributed by atoms with E-state index >= 15 is 0 Å². The lowest BCUT2D eigenvalue weighted by Crippen LogP contribution is -2.59. The second-order valence-electron chi connectivity index (χ2n) is 9.33. The highest BCUT2D eigenvalue weighted by Crippen LogP contribution is 2.38. The fourth-order valence-corrected chi connectivity index (χ4v) is 6.76. The van der Waals surface area contributed by atoms with Gasteiger partial charge in [-0.1, -0.05) is 78.9 Å². The molecule has 4 heteroatoms. The molecule has 9 rings (SSSR count). The van der Waals surface area contributed by atoms with Crippen molar-refractivity contribution in [1.29, 1.82) is 0 Å². The van der Waals surface area contributed by atoms with E-state index in [9.17, 15) is 0 Å². The van der Waals surface area contributed by atoms with E-state index in [0.29, 0.717) is 0 Å². The summed E-state index contributed by atoms with van der Waals surface area (Å²) < 4.78 is 5.01. The van der Waals surface area contributed by atoms with Crippen LogP contribution in [0.1, 0.15) is 0 Å². The molecule has 0 saturated heterocycles. The van der Waals surface area contributed by atoms with E-state index in [1.807, 2.05) is 0 Å². The quantitative estimate of drug-likeness (QED) is 0.312. The third kappa shape index (κ3) is 1.86. The average molecular weight is 427 g/mol. The molecule has 0 bridgehead atoms. The van der Waals surface area contributed by atoms with Crippen molar-refractivity contribution in [3.05, 3.63) is 103 Å². The third-order valence-corrected chi connectivity index (χ3v) is 7.90. The van der Waals surface area contributed by atoms with Gasteiger partial charge in [-0.2, -0.15) is 0 Å². The van der Waals surface area contributed by atoms with Crippen LogP contribution in [-0.2, 0) is 0 Å². The third-order valence-electron chi connectivity index (χ3n) is 7.90. The number of fused-ring (bicyclic) bond motifs is 10. The molecule has 7 aromatic rings. The molecule has 0 atom stereocenters. The summed E-state index contributed by atoms with van der Waals surface area (Å²) in [7, 11) is 0. The van der Waals surface area contributed by atoms with E-state index in [1.54, 1.807) is 0 Å². The zero-order chi connectivity index (χ0) is 21.3. The van der Waals surface area contributed by atoms with Crippen molar-refractivity contribution in [3.63, 3.8) is 0 Å². The highest BCUT2D eigenvalue weighted by Gasteiger charge is 2.40. The van der Waals surface area contributed by atoms with E-state index in [0.717, 1.165) is 0 Å². The largest absolute Gasteiger partial charge is 0.310 e. The van der Waals surface area contributed by atoms with Crippen molar-refractivity contribution in [2.24, 2.45) is 0 Å². The monoisotopic (exact) mass is 427 g/mol. The molecule has 2 aromatic heterocycles. The van der Waals surface area contributed by atoms with Gasteiger partial charge in [0.1, 0.15) is 0 Å². The van der Waals surface area contributed by atoms with Gasteiger partial charge >= 0.3 is 0 Å². The highest BCUT2D eigenvalue weighted by molar-refractivity contribution is 7.00. The fourth-order valence-electron chi connectivity index (χ4n) is 6.76. The van der Waals surface area contributed by atoms with Gasteiger partial charge in [-0.3, -0.25) is 0 Å². The summed E-state index contributed by atoms with van der Waals surface area (Å²) >= 11 is 0. The molecule has 0 amide bonds. The Bertz CT molecular complexity index is 1850. The number of hydrogen-bond acceptors (Lipinski definition) is 0. The minimum Gasteiger partial charge on any atom is -0.310 e. The number of para-hydroxylation sites is 4. The predicted octanol–water partition coefficient (Wildman–Crippen LogP) is 4.64. The topological polar surface area (TPSA) is 9.86 Å². The first-order valence-corrected chi connectivity index (χ1v) is 11.6. The van der Waals surface area contributed by atoms with E-state index in [2.05, 4.69) is 112 Å². The molecule has 4 heterocycles. The van der Waals surface area contributed by atoms with Crippen molar-refractivity contribution in [2.75, 3.05) is 0 Å². The summed E-state index contributed by atoms with van der Waals surface area (Å²) in [6, 6.07) is 38.3. The van der Waals surface area contributed by atoms with Crippen LogP contribution in [0.3, 0.4) is 0 Å². The van der Waals surface area contributed by atoms with E-state index < -0.39 is 0 Å². The molecule has 0 unspecified atom stereocenters. The Morgan fingerprint density at radius 1 is 0.441 bits per heavy atom. The molecule has 5 aromatic carbocycles. The molecular formula is C30H17B2N2. The van der Waals surface area contributed by atoms with Crippen LogP contribution in [0.2, 0.25) is 0 Å². The molecule has 0 saturated carbocycles. The minimum absolute atomic E-state index is 0. The molecule has 2 aliphatic rings. The smallest absolute Gasteiger partial charge is 0.252 e. The van der Waals surface area contributed by atoms with Crippen LogP contribution in [0.5, 0.6) is 0 Å². The Balaban J connectivity index is 0.00000187. The number of rotatable bonds is 0. The lowest BCUT2D eigenvalue weighted by molar-refractivity contribution is 1.14. The van der Waals surface area contributed by atoms with Crippen molar-refractivity contribution in [2.45, 2.75) is 0 Å². The molecule has 34 heavy (non-hydrogen) atoms. The highest BCUT2D eigenvalue weighted by atomic mass is 15.0. The summed E-state index contributed by atoms with van der Waals surface area (Å²) in [5.74, 6) is 0. The van der Waals surface area contributed by atoms with E-state index in [4.69, 9.17) is 0 Å². The summed E-state index contributed by atoms with van der Waals surface area (Å²) in [6.07, 6.45) is 0. The molecule has 0 aliphatic carbocycles. The SMILES string of the molecule is [B].c1cc2c3c(c1)-n1c4ccccc4c4cccc(c41)B3c1cccc3c4ccccc4n-2c13. The van der Waals surface area contributed by atoms with Crippen LogP contribution < -0.4 is 16.4 Å². The molecule has 0 spiro atoms. The van der Waals surface area contributed by atoms with Gasteiger partial charge in [-0.05, 0) is 40.7 Å². The fraction of sp³-hybridized carbons (Fsp3) is 0. The van der Waals surface area contributed by atoms with Gasteiger partial charge in [0, 0.05) is 52.4 Å². The Morgan fingerprint density at radius 3 is 1.41 bits per heavy atom. The maximum absolute atomic E-state index is 2.51. The van der Waals surface area contributed by atoms with Gasteiger partial charge in [-0.25, -0.2) is 0 Å². The first-order valence-electron chi connectivity index (χ1n) is 11.6. The van der Waals surface area contributed by atoms with E-state index in [1.165, 1.54) is 71.4 Å². The second kappa shape index (κ2) is 6.03. The normalized spacial score (nSPS) is 13.0. The number of hydrogen-bond donors (Lipinski definition) is 0. The molecular weight excluding hydrogens is 410 g/mol. The van der Waals surface area contributed by atoms with Gasteiger partial charge < -0.3 is 9.13 Å². The Labute approximate surface area is 198 Å². The van der Waals surface area contributed by atoms with Crippen LogP contribution >= 0.6 is 0 Å². The lowest BCUT2D eigenvalue weighted by Gasteiger charge is -2.33. The van der Waals surface area contributed by atoms with Gasteiger partial charge in [0.05, 0.1) is 11.0 Å². The van der Waals surface area contributed by atoms with Gasteiger partial charge in [-0.15, -0.1) is 0 Å². The van der Waals surface area contributed by atoms with E-state index in [-0.39, 0.29) is 15.1 Å². The van der Waals surface area contributed by atoms with Gasteiger partial charge in [0.15, 0.2) is 0 Å². The minimum atomic E-state index is 0. The second-order valence-corrected chi connectivity index (χ2v) is 9.33. The zero-order valence-electron chi connectivity index (χ0n) is 18.4. The molecule has 2 aliphatic heterocycles. The van der Waals surface area contributed by atoms with Crippen LogP contribution in [0.4, 0.5) is 0 Å². The number of nitrogens with zero attached hydrogens (tertiary/aromatic N) is 2. The lowest BCUT2D eigenvalue weighted by atomic mass is 9.34. The molecule has 3 radical (unpaired) electrons. The van der Waals surface area contributed by atoms with Gasteiger partial charge in [0.2, 0.25) is 0 Å². The maximum atomic E-state index is 2.51. The summed E-state index contributed by atoms with van der Waals surface area (Å²) in [4.78, 5) is 0. The zero-order valence-corrected chi connectivity index (χ0v) is 18.4. The standard InChI is InChI=1S/C30H17BN2.B/c1-3-14-24-18(8-1)20-10-5-12-22-29(20)32(24)26-16-7-17-27-28(26)31(22)23-13-6-11-21-19-9-2-4-15-25(19)33(27)30(21)23;/h1-17H;. The van der Waals surface area contributed by atoms with Crippen LogP contribution in [-0.4, -0.2) is 24.3 Å². The van der Waals surface area contributed by atoms with Crippen molar-refractivity contribution >= 4 is 75.1 Å². The summed E-state index contributed by atoms with van der Waals surface area (Å²) in [5, 5.41) is 5.35. The van der Waals surface area contributed by atoms with Crippen molar-refractivity contribution in [1.82, 2.24) is 9.13 Å². The van der Waals surface area contributed by atoms with Crippen LogP contribution in [0.15, 0.2) is 103 Å². The Hall–Kier alpha value is -4.17. The van der Waals surface area contributed by atoms with Crippen LogP contribution in [0, 0.1) is 0 Å². The molecule has 0 N–H and O–H groups in total. The van der Waals surface area contributed by atoms with Crippen LogP contribution in [0.25, 0.3) is 55.0 Å². The number of benzene rings is 5. The predicted molar refractivity (Wildman–Crippen MR) is 146 cm³/mol. The summed E-state index contributed by atoms with van der Waals surface area (Å²) in [5.41, 5.74) is 12.1. The first-order chi connectivity index (χ1) is 16.4. The first kappa shape index (κ1) is 18.3. The summed E-state index contributed by atoms with van der Waals surface area (Å²) in [6.45, 7) is 0.234.